The van der Waals surface area contributed by atoms with Gasteiger partial charge in [0.1, 0.15) is 0 Å². The smallest absolute Gasteiger partial charge is 0.229 e. The number of likely N-dealkylation sites (N-methyl/N-ethyl adjacent to an activating group) is 1. The lowest BCUT2D eigenvalue weighted by molar-refractivity contribution is -0.121. The highest BCUT2D eigenvalue weighted by Crippen LogP contribution is 2.47. The molecule has 5 heteroatoms. The molecule has 2 aliphatic carbocycles. The fourth-order valence-corrected chi connectivity index (χ4v) is 5.17. The summed E-state index contributed by atoms with van der Waals surface area (Å²) in [6.45, 7) is 8.95. The van der Waals surface area contributed by atoms with E-state index in [9.17, 15) is 4.79 Å². The van der Waals surface area contributed by atoms with Crippen LogP contribution in [-0.4, -0.2) is 54.5 Å². The molecule has 1 aliphatic heterocycles. The van der Waals surface area contributed by atoms with Crippen molar-refractivity contribution in [3.63, 3.8) is 0 Å². The highest BCUT2D eigenvalue weighted by molar-refractivity contribution is 5.93. The number of nitrogens with two attached hydrogens (primary N) is 1. The number of nitrogens with one attached hydrogen (secondary N) is 1. The first-order valence-electron chi connectivity index (χ1n) is 10.2. The molecule has 5 nitrogen and oxygen atoms in total. The van der Waals surface area contributed by atoms with E-state index in [1.54, 1.807) is 0 Å². The summed E-state index contributed by atoms with van der Waals surface area (Å²) >= 11 is 0. The average Bonchev–Trinajstić information content (AvgIpc) is 3.25. The van der Waals surface area contributed by atoms with Crippen LogP contribution >= 0.6 is 0 Å². The van der Waals surface area contributed by atoms with E-state index in [1.807, 2.05) is 12.1 Å². The van der Waals surface area contributed by atoms with Gasteiger partial charge in [-0.25, -0.2) is 0 Å². The van der Waals surface area contributed by atoms with Crippen LogP contribution in [0.4, 0.5) is 5.69 Å². The highest BCUT2D eigenvalue weighted by atomic mass is 16.2. The normalized spacial score (nSPS) is 32.1. The molecule has 0 aromatic heterocycles. The second kappa shape index (κ2) is 7.67. The van der Waals surface area contributed by atoms with Gasteiger partial charge in [0.2, 0.25) is 5.91 Å². The second-order valence-electron chi connectivity index (χ2n) is 8.33. The largest absolute Gasteiger partial charge is 0.327 e. The minimum absolute atomic E-state index is 0.00304. The van der Waals surface area contributed by atoms with Crippen molar-refractivity contribution in [3.8, 4) is 0 Å². The number of anilines is 1. The number of hydrogen-bond acceptors (Lipinski definition) is 4. The van der Waals surface area contributed by atoms with Crippen molar-refractivity contribution in [2.24, 2.45) is 23.5 Å². The Morgan fingerprint density at radius 3 is 2.35 bits per heavy atom. The highest BCUT2D eigenvalue weighted by Gasteiger charge is 2.49. The lowest BCUT2D eigenvalue weighted by Crippen LogP contribution is -2.45. The minimum Gasteiger partial charge on any atom is -0.327 e. The third-order valence-electron chi connectivity index (χ3n) is 6.82. The summed E-state index contributed by atoms with van der Waals surface area (Å²) in [6.07, 6.45) is 3.51. The number of carbonyl (C=O) groups is 1. The third kappa shape index (κ3) is 3.66. The van der Waals surface area contributed by atoms with Gasteiger partial charge in [0.05, 0.1) is 5.92 Å². The number of benzene rings is 1. The predicted molar refractivity (Wildman–Crippen MR) is 105 cm³/mol. The molecule has 0 spiro atoms. The molecule has 2 saturated carbocycles. The van der Waals surface area contributed by atoms with Crippen LogP contribution in [-0.2, 0) is 11.3 Å². The van der Waals surface area contributed by atoms with E-state index >= 15 is 0 Å². The van der Waals surface area contributed by atoms with Crippen molar-refractivity contribution in [3.05, 3.63) is 29.8 Å². The first kappa shape index (κ1) is 18.0. The molecule has 4 rings (SSSR count). The van der Waals surface area contributed by atoms with Crippen molar-refractivity contribution in [2.45, 2.75) is 38.8 Å². The van der Waals surface area contributed by atoms with Gasteiger partial charge in [-0.2, -0.15) is 0 Å². The number of carbonyl (C=O) groups excluding carboxylic acids is 1. The zero-order valence-electron chi connectivity index (χ0n) is 15.9. The fraction of sp³-hybridized carbons (Fsp3) is 0.667. The number of hydrogen-bond donors (Lipinski definition) is 2. The Balaban J connectivity index is 1.30. The summed E-state index contributed by atoms with van der Waals surface area (Å²) < 4.78 is 0. The van der Waals surface area contributed by atoms with Crippen LogP contribution < -0.4 is 11.1 Å². The molecule has 1 amide bonds. The number of nitrogens with zero attached hydrogens (tertiary/aromatic N) is 2. The van der Waals surface area contributed by atoms with Crippen molar-refractivity contribution in [2.75, 3.05) is 38.0 Å². The molecule has 2 bridgehead atoms. The summed E-state index contributed by atoms with van der Waals surface area (Å²) in [5.74, 6) is 1.18. The number of rotatable bonds is 5. The molecule has 4 unspecified atom stereocenters. The molecule has 142 valence electrons. The number of amides is 1. The van der Waals surface area contributed by atoms with Gasteiger partial charge in [0.15, 0.2) is 0 Å². The molecule has 0 radical (unpaired) electrons. The molecular weight excluding hydrogens is 324 g/mol. The maximum Gasteiger partial charge on any atom is 0.229 e. The molecule has 26 heavy (non-hydrogen) atoms. The third-order valence-corrected chi connectivity index (χ3v) is 6.82. The summed E-state index contributed by atoms with van der Waals surface area (Å²) in [7, 11) is 0. The average molecular weight is 357 g/mol. The molecule has 1 heterocycles. The molecule has 1 aromatic rings. The Bertz CT molecular complexity index is 621. The number of piperazine rings is 1. The van der Waals surface area contributed by atoms with E-state index in [4.69, 9.17) is 5.73 Å². The molecule has 3 aliphatic rings. The zero-order valence-corrected chi connectivity index (χ0v) is 15.9. The quantitative estimate of drug-likeness (QED) is 0.848. The van der Waals surface area contributed by atoms with E-state index in [1.165, 1.54) is 18.4 Å². The lowest BCUT2D eigenvalue weighted by atomic mass is 9.84. The monoisotopic (exact) mass is 356 g/mol. The maximum atomic E-state index is 12.7. The van der Waals surface area contributed by atoms with E-state index in [-0.39, 0.29) is 17.9 Å². The van der Waals surface area contributed by atoms with Crippen LogP contribution in [0, 0.1) is 17.8 Å². The van der Waals surface area contributed by atoms with E-state index in [2.05, 4.69) is 34.2 Å². The summed E-state index contributed by atoms with van der Waals surface area (Å²) in [4.78, 5) is 17.7. The molecule has 1 aromatic carbocycles. The SMILES string of the molecule is CCN1CCN(Cc2ccc(NC(=O)C3C4CCC(C4)C3N)cc2)CC1. The fourth-order valence-electron chi connectivity index (χ4n) is 5.17. The van der Waals surface area contributed by atoms with Gasteiger partial charge in [-0.15, -0.1) is 0 Å². The first-order valence-corrected chi connectivity index (χ1v) is 10.2. The van der Waals surface area contributed by atoms with Crippen LogP contribution in [0.2, 0.25) is 0 Å². The molecule has 3 fully saturated rings. The van der Waals surface area contributed by atoms with Crippen molar-refractivity contribution < 1.29 is 4.79 Å². The van der Waals surface area contributed by atoms with Crippen LogP contribution in [0.3, 0.4) is 0 Å². The zero-order chi connectivity index (χ0) is 18.1. The summed E-state index contributed by atoms with van der Waals surface area (Å²) in [6, 6.07) is 8.41. The molecule has 4 atom stereocenters. The van der Waals surface area contributed by atoms with Crippen molar-refractivity contribution in [1.82, 2.24) is 9.80 Å². The Hall–Kier alpha value is -1.43. The van der Waals surface area contributed by atoms with Gasteiger partial charge in [0, 0.05) is 44.5 Å². The minimum atomic E-state index is 0.00304. The van der Waals surface area contributed by atoms with Gasteiger partial charge in [-0.1, -0.05) is 19.1 Å². The van der Waals surface area contributed by atoms with Gasteiger partial charge in [0.25, 0.3) is 0 Å². The molecule has 3 N–H and O–H groups in total. The van der Waals surface area contributed by atoms with E-state index in [0.29, 0.717) is 11.8 Å². The Kier molecular flexibility index (Phi) is 5.30. The molecule has 1 saturated heterocycles. The topological polar surface area (TPSA) is 61.6 Å². The van der Waals surface area contributed by atoms with Crippen LogP contribution in [0.5, 0.6) is 0 Å². The van der Waals surface area contributed by atoms with Gasteiger partial charge >= 0.3 is 0 Å². The van der Waals surface area contributed by atoms with Crippen LogP contribution in [0.25, 0.3) is 0 Å². The summed E-state index contributed by atoms with van der Waals surface area (Å²) in [5, 5.41) is 3.10. The summed E-state index contributed by atoms with van der Waals surface area (Å²) in [5.41, 5.74) is 8.50. The van der Waals surface area contributed by atoms with E-state index in [0.717, 1.165) is 51.4 Å². The maximum absolute atomic E-state index is 12.7. The first-order chi connectivity index (χ1) is 12.6. The Morgan fingerprint density at radius 1 is 1.08 bits per heavy atom. The predicted octanol–water partition coefficient (Wildman–Crippen LogP) is 2.14. The van der Waals surface area contributed by atoms with Gasteiger partial charge in [-0.3, -0.25) is 9.69 Å². The molecular formula is C21H32N4O. The Labute approximate surface area is 156 Å². The number of fused-ring (bicyclic) bond motifs is 2. The van der Waals surface area contributed by atoms with Gasteiger partial charge in [-0.05, 0) is 55.3 Å². The van der Waals surface area contributed by atoms with Crippen LogP contribution in [0.15, 0.2) is 24.3 Å². The Morgan fingerprint density at radius 2 is 1.73 bits per heavy atom. The second-order valence-corrected chi connectivity index (χ2v) is 8.33. The van der Waals surface area contributed by atoms with E-state index < -0.39 is 0 Å². The van der Waals surface area contributed by atoms with Gasteiger partial charge < -0.3 is 16.0 Å². The standard InChI is InChI=1S/C21H32N4O/c1-2-24-9-11-25(12-10-24)14-15-3-7-18(8-4-15)23-21(26)19-16-5-6-17(13-16)20(19)22/h3-4,7-8,16-17,19-20H,2,5-6,9-14,22H2,1H3,(H,23,26). The van der Waals surface area contributed by atoms with Crippen LogP contribution in [0.1, 0.15) is 31.7 Å². The van der Waals surface area contributed by atoms with Crippen molar-refractivity contribution >= 4 is 11.6 Å². The lowest BCUT2D eigenvalue weighted by Gasteiger charge is -2.34. The van der Waals surface area contributed by atoms with Crippen molar-refractivity contribution in [1.29, 1.82) is 0 Å².